The summed E-state index contributed by atoms with van der Waals surface area (Å²) < 4.78 is 22.7. The molecule has 0 spiro atoms. The van der Waals surface area contributed by atoms with Gasteiger partial charge in [0, 0.05) is 12.3 Å². The van der Waals surface area contributed by atoms with E-state index in [1.807, 2.05) is 0 Å². The van der Waals surface area contributed by atoms with E-state index in [1.165, 1.54) is 0 Å². The van der Waals surface area contributed by atoms with Crippen LogP contribution in [0.4, 0.5) is 8.78 Å². The highest BCUT2D eigenvalue weighted by molar-refractivity contribution is 6.52. The summed E-state index contributed by atoms with van der Waals surface area (Å²) in [6.07, 6.45) is 0.695. The number of alkyl halides is 5. The van der Waals surface area contributed by atoms with Gasteiger partial charge >= 0.3 is 5.38 Å². The summed E-state index contributed by atoms with van der Waals surface area (Å²) in [4.78, 5) is 10.8. The minimum atomic E-state index is -3.70. The number of ketones is 1. The molecule has 0 amide bonds. The Morgan fingerprint density at radius 3 is 2.15 bits per heavy atom. The van der Waals surface area contributed by atoms with Gasteiger partial charge in [0.2, 0.25) is 0 Å². The van der Waals surface area contributed by atoms with Crippen molar-refractivity contribution in [3.63, 3.8) is 0 Å². The van der Waals surface area contributed by atoms with E-state index in [-0.39, 0.29) is 12.2 Å². The molecule has 0 radical (unpaired) electrons. The molecule has 1 aliphatic rings. The topological polar surface area (TPSA) is 17.1 Å². The molecule has 0 aromatic heterocycles. The van der Waals surface area contributed by atoms with Crippen LogP contribution in [0.2, 0.25) is 0 Å². The van der Waals surface area contributed by atoms with E-state index in [9.17, 15) is 13.6 Å². The van der Waals surface area contributed by atoms with E-state index in [2.05, 4.69) is 11.6 Å². The number of carbonyl (C=O) groups is 1. The van der Waals surface area contributed by atoms with Gasteiger partial charge in [-0.25, -0.2) is 0 Å². The Bertz CT molecular complexity index is 224. The smallest absolute Gasteiger partial charge is 0.299 e. The maximum absolute atomic E-state index is 12.5. The highest BCUT2D eigenvalue weighted by Gasteiger charge is 2.52. The summed E-state index contributed by atoms with van der Waals surface area (Å²) in [5, 5.41) is -3.70. The lowest BCUT2D eigenvalue weighted by Gasteiger charge is -2.32. The molecule has 1 atom stereocenters. The molecular formula is C7H7Cl3F2O. The second kappa shape index (κ2) is 3.52. The number of hydrogen-bond acceptors (Lipinski definition) is 1. The van der Waals surface area contributed by atoms with Crippen molar-refractivity contribution in [3.8, 4) is 0 Å². The van der Waals surface area contributed by atoms with Gasteiger partial charge in [-0.15, -0.1) is 0 Å². The van der Waals surface area contributed by atoms with E-state index in [0.29, 0.717) is 12.8 Å². The van der Waals surface area contributed by atoms with Crippen molar-refractivity contribution in [2.45, 2.75) is 29.0 Å². The summed E-state index contributed by atoms with van der Waals surface area (Å²) in [5.74, 6) is -0.536. The fourth-order valence-electron chi connectivity index (χ4n) is 1.11. The molecular weight excluding hydrogens is 244 g/mol. The quantitative estimate of drug-likeness (QED) is 0.703. The van der Waals surface area contributed by atoms with E-state index < -0.39 is 15.6 Å². The third-order valence-electron chi connectivity index (χ3n) is 2.11. The van der Waals surface area contributed by atoms with Crippen molar-refractivity contribution in [1.82, 2.24) is 0 Å². The first-order valence-electron chi connectivity index (χ1n) is 3.71. The molecule has 13 heavy (non-hydrogen) atoms. The SMILES string of the molecule is O=C1CCC1CC(Cl)(Cl)C(F)(F)Cl. The number of carbonyl (C=O) groups excluding carboxylic acids is 1. The maximum atomic E-state index is 12.5. The van der Waals surface area contributed by atoms with Crippen LogP contribution >= 0.6 is 34.8 Å². The van der Waals surface area contributed by atoms with Crippen LogP contribution in [0.25, 0.3) is 0 Å². The number of hydrogen-bond donors (Lipinski definition) is 0. The van der Waals surface area contributed by atoms with E-state index >= 15 is 0 Å². The van der Waals surface area contributed by atoms with E-state index in [4.69, 9.17) is 23.2 Å². The zero-order chi connectivity index (χ0) is 10.3. The normalized spacial score (nSPS) is 24.4. The zero-order valence-electron chi connectivity index (χ0n) is 6.50. The largest absolute Gasteiger partial charge is 0.354 e. The van der Waals surface area contributed by atoms with E-state index in [0.717, 1.165) is 0 Å². The van der Waals surface area contributed by atoms with Crippen LogP contribution in [0, 0.1) is 5.92 Å². The first-order chi connectivity index (χ1) is 5.74. The van der Waals surface area contributed by atoms with Crippen molar-refractivity contribution < 1.29 is 13.6 Å². The molecule has 0 aliphatic heterocycles. The fourth-order valence-corrected chi connectivity index (χ4v) is 1.56. The van der Waals surface area contributed by atoms with Gasteiger partial charge < -0.3 is 0 Å². The molecule has 0 saturated heterocycles. The molecule has 76 valence electrons. The molecule has 1 unspecified atom stereocenters. The average Bonchev–Trinajstić information content (AvgIpc) is 1.95. The summed E-state index contributed by atoms with van der Waals surface area (Å²) in [5.41, 5.74) is 0. The van der Waals surface area contributed by atoms with Gasteiger partial charge in [0.05, 0.1) is 0 Å². The van der Waals surface area contributed by atoms with Gasteiger partial charge in [-0.1, -0.05) is 23.2 Å². The van der Waals surface area contributed by atoms with Gasteiger partial charge in [0.25, 0.3) is 0 Å². The zero-order valence-corrected chi connectivity index (χ0v) is 8.76. The highest BCUT2D eigenvalue weighted by Crippen LogP contribution is 2.48. The Morgan fingerprint density at radius 1 is 1.38 bits per heavy atom. The van der Waals surface area contributed by atoms with Crippen LogP contribution in [0.15, 0.2) is 0 Å². The van der Waals surface area contributed by atoms with Gasteiger partial charge in [-0.3, -0.25) is 4.79 Å². The molecule has 1 saturated carbocycles. The lowest BCUT2D eigenvalue weighted by Crippen LogP contribution is -2.39. The van der Waals surface area contributed by atoms with Crippen LogP contribution in [0.3, 0.4) is 0 Å². The minimum absolute atomic E-state index is 0.0772. The molecule has 1 fully saturated rings. The van der Waals surface area contributed by atoms with Gasteiger partial charge in [0.15, 0.2) is 4.33 Å². The van der Waals surface area contributed by atoms with Gasteiger partial charge in [0.1, 0.15) is 5.78 Å². The van der Waals surface area contributed by atoms with Crippen molar-refractivity contribution >= 4 is 40.6 Å². The summed E-state index contributed by atoms with van der Waals surface area (Å²) >= 11 is 15.3. The Hall–Kier alpha value is 0.400. The monoisotopic (exact) mass is 250 g/mol. The lowest BCUT2D eigenvalue weighted by molar-refractivity contribution is -0.130. The van der Waals surface area contributed by atoms with Crippen LogP contribution < -0.4 is 0 Å². The molecule has 1 nitrogen and oxygen atoms in total. The highest BCUT2D eigenvalue weighted by atomic mass is 35.5. The molecule has 0 aromatic rings. The van der Waals surface area contributed by atoms with Crippen molar-refractivity contribution in [3.05, 3.63) is 0 Å². The van der Waals surface area contributed by atoms with Crippen molar-refractivity contribution in [2.75, 3.05) is 0 Å². The Balaban J connectivity index is 2.56. The van der Waals surface area contributed by atoms with Crippen molar-refractivity contribution in [1.29, 1.82) is 0 Å². The second-order valence-electron chi connectivity index (χ2n) is 3.11. The Kier molecular flexibility index (Phi) is 3.11. The van der Waals surface area contributed by atoms with Crippen LogP contribution in [-0.2, 0) is 4.79 Å². The Labute approximate surface area is 89.3 Å². The molecule has 0 N–H and O–H groups in total. The van der Waals surface area contributed by atoms with Crippen LogP contribution in [0.5, 0.6) is 0 Å². The first-order valence-corrected chi connectivity index (χ1v) is 4.85. The maximum Gasteiger partial charge on any atom is 0.354 e. The first kappa shape index (κ1) is 11.5. The minimum Gasteiger partial charge on any atom is -0.299 e. The van der Waals surface area contributed by atoms with E-state index in [1.54, 1.807) is 0 Å². The standard InChI is InChI=1S/C7H7Cl3F2O/c8-6(9,7(10,11)12)3-4-1-2-5(4)13/h4H,1-3H2. The molecule has 1 rings (SSSR count). The number of Topliss-reactive ketones (excluding diaryl/α,β-unsaturated/α-hetero) is 1. The summed E-state index contributed by atoms with van der Waals surface area (Å²) in [6, 6.07) is 0. The summed E-state index contributed by atoms with van der Waals surface area (Å²) in [7, 11) is 0. The molecule has 0 heterocycles. The fraction of sp³-hybridized carbons (Fsp3) is 0.857. The third kappa shape index (κ3) is 2.45. The lowest BCUT2D eigenvalue weighted by atomic mass is 9.80. The Morgan fingerprint density at radius 2 is 1.92 bits per heavy atom. The van der Waals surface area contributed by atoms with Crippen LogP contribution in [-0.4, -0.2) is 15.5 Å². The number of rotatable bonds is 3. The van der Waals surface area contributed by atoms with Crippen LogP contribution in [0.1, 0.15) is 19.3 Å². The summed E-state index contributed by atoms with van der Waals surface area (Å²) in [6.45, 7) is 0. The van der Waals surface area contributed by atoms with Crippen molar-refractivity contribution in [2.24, 2.45) is 5.92 Å². The molecule has 0 aromatic carbocycles. The molecule has 6 heteroatoms. The molecule has 1 aliphatic carbocycles. The second-order valence-corrected chi connectivity index (χ2v) is 5.07. The average molecular weight is 251 g/mol. The molecule has 0 bridgehead atoms. The number of halogens is 5. The van der Waals surface area contributed by atoms with Gasteiger partial charge in [-0.05, 0) is 24.4 Å². The third-order valence-corrected chi connectivity index (χ3v) is 3.41. The van der Waals surface area contributed by atoms with Gasteiger partial charge in [-0.2, -0.15) is 8.78 Å². The predicted octanol–water partition coefficient (Wildman–Crippen LogP) is 3.36. The predicted molar refractivity (Wildman–Crippen MR) is 47.6 cm³/mol.